The number of hydrogen-bond donors (Lipinski definition) is 2. The summed E-state index contributed by atoms with van der Waals surface area (Å²) in [7, 11) is 1.56. The minimum absolute atomic E-state index is 0.0420. The van der Waals surface area contributed by atoms with Crippen molar-refractivity contribution < 1.29 is 33.5 Å². The van der Waals surface area contributed by atoms with Crippen molar-refractivity contribution in [2.75, 3.05) is 26.8 Å². The maximum atomic E-state index is 14.7. The van der Waals surface area contributed by atoms with E-state index < -0.39 is 52.6 Å². The molecule has 52 heavy (non-hydrogen) atoms. The van der Waals surface area contributed by atoms with Crippen LogP contribution in [0.2, 0.25) is 5.02 Å². The van der Waals surface area contributed by atoms with Crippen LogP contribution in [-0.4, -0.2) is 101 Å². The van der Waals surface area contributed by atoms with E-state index in [0.29, 0.717) is 43.1 Å². The van der Waals surface area contributed by atoms with Crippen LogP contribution in [0.15, 0.2) is 29.4 Å². The summed E-state index contributed by atoms with van der Waals surface area (Å²) in [5, 5.41) is 10.8. The minimum atomic E-state index is -1.07. The van der Waals surface area contributed by atoms with Crippen molar-refractivity contribution >= 4 is 46.7 Å². The molecule has 1 aromatic rings. The van der Waals surface area contributed by atoms with Crippen molar-refractivity contribution in [2.24, 2.45) is 16.5 Å². The molecule has 0 bridgehead atoms. The second-order valence-corrected chi connectivity index (χ2v) is 16.7. The summed E-state index contributed by atoms with van der Waals surface area (Å²) in [6, 6.07) is 4.02. The second kappa shape index (κ2) is 17.1. The molecule has 2 saturated heterocycles. The van der Waals surface area contributed by atoms with Crippen molar-refractivity contribution in [3.63, 3.8) is 0 Å². The average Bonchev–Trinajstić information content (AvgIpc) is 3.85. The number of amides is 4. The Labute approximate surface area is 312 Å². The lowest BCUT2D eigenvalue weighted by molar-refractivity contribution is -0.148. The van der Waals surface area contributed by atoms with Crippen LogP contribution in [0.4, 0.5) is 0 Å². The van der Waals surface area contributed by atoms with Gasteiger partial charge in [0.2, 0.25) is 23.5 Å². The molecule has 1 spiro atoms. The number of ether oxygens (including phenoxy) is 1. The molecule has 3 fully saturated rings. The molecule has 5 atom stereocenters. The lowest BCUT2D eigenvalue weighted by Gasteiger charge is -2.36. The van der Waals surface area contributed by atoms with Gasteiger partial charge in [-0.05, 0) is 55.6 Å². The summed E-state index contributed by atoms with van der Waals surface area (Å²) in [5.74, 6) is -2.18. The molecule has 3 aliphatic heterocycles. The van der Waals surface area contributed by atoms with Crippen molar-refractivity contribution in [3.8, 4) is 0 Å². The van der Waals surface area contributed by atoms with Crippen LogP contribution >= 0.6 is 11.6 Å². The maximum absolute atomic E-state index is 14.7. The fraction of sp³-hybridized carbons (Fsp3) is 0.692. The molecule has 1 saturated carbocycles. The van der Waals surface area contributed by atoms with Gasteiger partial charge in [0.05, 0.1) is 30.9 Å². The van der Waals surface area contributed by atoms with Gasteiger partial charge in [0.15, 0.2) is 5.60 Å². The highest BCUT2D eigenvalue weighted by Crippen LogP contribution is 2.40. The molecule has 286 valence electrons. The molecule has 1 aliphatic carbocycles. The quantitative estimate of drug-likeness (QED) is 0.276. The molecule has 2 N–H and O–H groups in total. The number of nitrogens with zero attached hydrogens (tertiary/aromatic N) is 3. The highest BCUT2D eigenvalue weighted by atomic mass is 35.5. The van der Waals surface area contributed by atoms with Gasteiger partial charge in [-0.1, -0.05) is 82.3 Å². The maximum Gasteiger partial charge on any atom is 0.292 e. The zero-order valence-corrected chi connectivity index (χ0v) is 32.1. The van der Waals surface area contributed by atoms with Crippen LogP contribution in [0.3, 0.4) is 0 Å². The van der Waals surface area contributed by atoms with Gasteiger partial charge in [-0.25, -0.2) is 0 Å². The molecule has 5 rings (SSSR count). The van der Waals surface area contributed by atoms with Crippen LogP contribution in [0.5, 0.6) is 0 Å². The van der Waals surface area contributed by atoms with E-state index in [2.05, 4.69) is 15.8 Å². The fourth-order valence-electron chi connectivity index (χ4n) is 8.22. The van der Waals surface area contributed by atoms with Gasteiger partial charge in [-0.15, -0.1) is 0 Å². The molecule has 0 aromatic heterocycles. The number of ketones is 1. The van der Waals surface area contributed by atoms with Crippen LogP contribution in [0.25, 0.3) is 0 Å². The third-order valence-electron chi connectivity index (χ3n) is 11.0. The fourth-order valence-corrected chi connectivity index (χ4v) is 8.41. The molecular weight excluding hydrogens is 686 g/mol. The average molecular weight is 742 g/mol. The molecule has 4 amide bonds. The summed E-state index contributed by atoms with van der Waals surface area (Å²) in [4.78, 5) is 78.8. The van der Waals surface area contributed by atoms with E-state index in [9.17, 15) is 24.0 Å². The number of hydrogen-bond acceptors (Lipinski definition) is 8. The lowest BCUT2D eigenvalue weighted by Crippen LogP contribution is -2.59. The monoisotopic (exact) mass is 741 g/mol. The first kappa shape index (κ1) is 39.7. The van der Waals surface area contributed by atoms with E-state index in [1.807, 2.05) is 39.8 Å². The van der Waals surface area contributed by atoms with E-state index in [-0.39, 0.29) is 37.3 Å². The number of methoxy groups -OCH3 is 1. The van der Waals surface area contributed by atoms with Crippen LogP contribution < -0.4 is 10.6 Å². The highest BCUT2D eigenvalue weighted by Gasteiger charge is 2.56. The molecule has 1 aromatic carbocycles. The van der Waals surface area contributed by atoms with Gasteiger partial charge >= 0.3 is 0 Å². The number of carbonyl (C=O) groups is 5. The Bertz CT molecular complexity index is 1520. The third kappa shape index (κ3) is 9.34. The molecule has 0 radical (unpaired) electrons. The molecule has 3 heterocycles. The van der Waals surface area contributed by atoms with Gasteiger partial charge in [-0.2, -0.15) is 0 Å². The van der Waals surface area contributed by atoms with Crippen LogP contribution in [-0.2, 0) is 33.5 Å². The first-order valence-electron chi connectivity index (χ1n) is 19.0. The van der Waals surface area contributed by atoms with Gasteiger partial charge in [0, 0.05) is 43.5 Å². The van der Waals surface area contributed by atoms with Gasteiger partial charge in [0.1, 0.15) is 12.1 Å². The van der Waals surface area contributed by atoms with Crippen LogP contribution in [0.1, 0.15) is 110 Å². The second-order valence-electron chi connectivity index (χ2n) is 16.2. The van der Waals surface area contributed by atoms with Crippen molar-refractivity contribution in [1.29, 1.82) is 0 Å². The third-order valence-corrected chi connectivity index (χ3v) is 11.3. The Morgan fingerprint density at radius 3 is 2.48 bits per heavy atom. The minimum Gasteiger partial charge on any atom is -0.387 e. The highest BCUT2D eigenvalue weighted by molar-refractivity contribution is 6.38. The summed E-state index contributed by atoms with van der Waals surface area (Å²) in [6.07, 6.45) is 8.46. The number of nitrogens with one attached hydrogen (secondary N) is 2. The topological polar surface area (TPSA) is 147 Å². The van der Waals surface area contributed by atoms with Crippen molar-refractivity contribution in [2.45, 2.75) is 135 Å². The predicted molar refractivity (Wildman–Crippen MR) is 198 cm³/mol. The van der Waals surface area contributed by atoms with E-state index in [4.69, 9.17) is 21.2 Å². The molecule has 13 heteroatoms. The van der Waals surface area contributed by atoms with E-state index in [1.165, 1.54) is 11.3 Å². The Balaban J connectivity index is 1.39. The SMILES string of the molecule is CCC[C@H](NC(=O)[C@@H]1C[C@]2(CC(c3cccc(Cl)c3)=NO2)CN1C(=O)[C@@H](NC(=O)CC1CCCCC1)C(C)(C)C)C(=O)C(=O)N1CCC[C@H]1COC. The summed E-state index contributed by atoms with van der Waals surface area (Å²) < 4.78 is 5.29. The smallest absolute Gasteiger partial charge is 0.292 e. The van der Waals surface area contributed by atoms with E-state index >= 15 is 0 Å². The Morgan fingerprint density at radius 2 is 1.81 bits per heavy atom. The van der Waals surface area contributed by atoms with Gasteiger partial charge in [-0.3, -0.25) is 24.0 Å². The van der Waals surface area contributed by atoms with Crippen molar-refractivity contribution in [3.05, 3.63) is 34.9 Å². The summed E-state index contributed by atoms with van der Waals surface area (Å²) in [6.45, 7) is 8.37. The summed E-state index contributed by atoms with van der Waals surface area (Å²) in [5.41, 5.74) is -0.285. The molecule has 0 unspecified atom stereocenters. The Morgan fingerprint density at radius 1 is 1.06 bits per heavy atom. The first-order chi connectivity index (χ1) is 24.7. The largest absolute Gasteiger partial charge is 0.387 e. The zero-order chi connectivity index (χ0) is 37.6. The van der Waals surface area contributed by atoms with Crippen LogP contribution in [0, 0.1) is 11.3 Å². The molecule has 12 nitrogen and oxygen atoms in total. The van der Waals surface area contributed by atoms with E-state index in [0.717, 1.165) is 44.1 Å². The number of benzene rings is 1. The number of oxime groups is 1. The number of halogens is 1. The van der Waals surface area contributed by atoms with Gasteiger partial charge in [0.25, 0.3) is 5.91 Å². The number of carbonyl (C=O) groups excluding carboxylic acids is 5. The first-order valence-corrected chi connectivity index (χ1v) is 19.4. The Kier molecular flexibility index (Phi) is 13.0. The Hall–Kier alpha value is -3.51. The number of Topliss-reactive ketones (excluding diaryl/α,β-unsaturated/α-hetero) is 1. The number of likely N-dealkylation sites (tertiary alicyclic amines) is 2. The predicted octanol–water partition coefficient (Wildman–Crippen LogP) is 4.80. The normalized spacial score (nSPS) is 24.7. The standard InChI is InChI=1S/C39H56ClN5O7/c1-6-12-29(33(47)36(49)44-18-11-17-28(44)23-51-5)41-35(48)31-22-39(21-30(43-52-39)26-15-10-16-27(40)20-26)24-45(31)37(50)34(38(2,3)4)42-32(46)19-25-13-8-7-9-14-25/h10,15-16,20,25,28-29,31,34H,6-9,11-14,17-19,21-24H2,1-5H3,(H,41,48)(H,42,46)/t28-,29-,31-,34+,39+/m0/s1. The van der Waals surface area contributed by atoms with E-state index in [1.54, 1.807) is 24.1 Å². The molecular formula is C39H56ClN5O7. The van der Waals surface area contributed by atoms with Gasteiger partial charge < -0.3 is 30.0 Å². The lowest BCUT2D eigenvalue weighted by atomic mass is 9.84. The zero-order valence-electron chi connectivity index (χ0n) is 31.4. The summed E-state index contributed by atoms with van der Waals surface area (Å²) >= 11 is 6.27. The number of rotatable bonds is 13. The molecule has 4 aliphatic rings. The van der Waals surface area contributed by atoms with Crippen molar-refractivity contribution in [1.82, 2.24) is 20.4 Å².